The van der Waals surface area contributed by atoms with E-state index in [4.69, 9.17) is 0 Å². The molecule has 4 aliphatic rings. The van der Waals surface area contributed by atoms with Gasteiger partial charge in [-0.1, -0.05) is 19.3 Å². The molecule has 8 nitrogen and oxygen atoms in total. The lowest BCUT2D eigenvalue weighted by Crippen LogP contribution is -2.53. The summed E-state index contributed by atoms with van der Waals surface area (Å²) in [5, 5.41) is 6.53. The molecule has 3 heterocycles. The number of sulfone groups is 1. The van der Waals surface area contributed by atoms with E-state index in [0.717, 1.165) is 50.5 Å². The van der Waals surface area contributed by atoms with Gasteiger partial charge in [0.1, 0.15) is 11.6 Å². The number of pyridine rings is 1. The number of anilines is 1. The van der Waals surface area contributed by atoms with Gasteiger partial charge >= 0.3 is 0 Å². The van der Waals surface area contributed by atoms with Gasteiger partial charge in [0.15, 0.2) is 9.84 Å². The number of aromatic nitrogens is 1. The number of halogens is 2. The molecular formula is C30H32F2N4O4S. The van der Waals surface area contributed by atoms with Crippen LogP contribution in [0.15, 0.2) is 58.7 Å². The van der Waals surface area contributed by atoms with Crippen LogP contribution in [0.2, 0.25) is 0 Å². The topological polar surface area (TPSA) is 101 Å². The zero-order chi connectivity index (χ0) is 29.1. The Kier molecular flexibility index (Phi) is 6.88. The first-order valence-electron chi connectivity index (χ1n) is 13.8. The fourth-order valence-electron chi connectivity index (χ4n) is 6.56. The molecule has 0 saturated heterocycles. The Bertz CT molecular complexity index is 1700. The van der Waals surface area contributed by atoms with Crippen molar-refractivity contribution in [2.24, 2.45) is 13.0 Å². The van der Waals surface area contributed by atoms with E-state index in [1.165, 1.54) is 10.6 Å². The van der Waals surface area contributed by atoms with Gasteiger partial charge in [-0.05, 0) is 53.8 Å². The van der Waals surface area contributed by atoms with E-state index in [2.05, 4.69) is 10.6 Å². The minimum Gasteiger partial charge on any atom is -0.383 e. The van der Waals surface area contributed by atoms with Gasteiger partial charge in [0.25, 0.3) is 5.56 Å². The number of hydrogen-bond acceptors (Lipinski definition) is 6. The minimum absolute atomic E-state index is 0.0554. The second-order valence-electron chi connectivity index (χ2n) is 11.4. The maximum Gasteiger partial charge on any atom is 0.260 e. The average Bonchev–Trinajstić information content (AvgIpc) is 3.22. The number of nitrogens with one attached hydrogen (secondary N) is 2. The summed E-state index contributed by atoms with van der Waals surface area (Å²) in [5.74, 6) is -2.69. The second kappa shape index (κ2) is 10.3. The van der Waals surface area contributed by atoms with Gasteiger partial charge in [-0.2, -0.15) is 0 Å². The first-order chi connectivity index (χ1) is 19.5. The summed E-state index contributed by atoms with van der Waals surface area (Å²) in [6.45, 7) is 0.168. The van der Waals surface area contributed by atoms with E-state index in [1.54, 1.807) is 36.5 Å². The summed E-state index contributed by atoms with van der Waals surface area (Å²) < 4.78 is 55.5. The molecule has 2 aliphatic heterocycles. The zero-order valence-corrected chi connectivity index (χ0v) is 23.7. The Morgan fingerprint density at radius 3 is 2.61 bits per heavy atom. The van der Waals surface area contributed by atoms with Crippen molar-refractivity contribution in [1.29, 1.82) is 0 Å². The maximum atomic E-state index is 15.2. The highest BCUT2D eigenvalue weighted by Gasteiger charge is 2.47. The Balaban J connectivity index is 1.55. The number of fused-ring (bicyclic) bond motifs is 2. The summed E-state index contributed by atoms with van der Waals surface area (Å²) >= 11 is 0. The molecule has 11 heteroatoms. The van der Waals surface area contributed by atoms with Crippen molar-refractivity contribution < 1.29 is 22.0 Å². The van der Waals surface area contributed by atoms with Gasteiger partial charge in [0.2, 0.25) is 5.91 Å². The lowest BCUT2D eigenvalue weighted by molar-refractivity contribution is -0.126. The van der Waals surface area contributed by atoms with Crippen LogP contribution in [0.3, 0.4) is 0 Å². The first-order valence-corrected chi connectivity index (χ1v) is 15.9. The van der Waals surface area contributed by atoms with Crippen molar-refractivity contribution in [3.63, 3.8) is 0 Å². The van der Waals surface area contributed by atoms with Crippen LogP contribution in [-0.4, -0.2) is 49.5 Å². The standard InChI is InChI=1S/C30H32F2N4O4S/c1-35-11-10-21-18(16-41(2,39)40)12-17-15-36(24-9-8-19(31)13-23(24)32)28-22(29(37)34-20-6-4-3-5-7-20)14-33-27(25(17)28)26(21)30(35)38/h8-13,15,20,22,28,33H,3-7,14,16H2,1-2H3,(H,34,37). The molecule has 2 aromatic rings. The van der Waals surface area contributed by atoms with Crippen molar-refractivity contribution in [2.75, 3.05) is 23.5 Å². The van der Waals surface area contributed by atoms with Crippen LogP contribution in [0.5, 0.6) is 0 Å². The number of carbonyl (C=O) groups is 1. The first kappa shape index (κ1) is 27.4. The molecule has 1 aromatic heterocycles. The summed E-state index contributed by atoms with van der Waals surface area (Å²) in [6, 6.07) is 4.36. The van der Waals surface area contributed by atoms with Crippen molar-refractivity contribution in [3.8, 4) is 0 Å². The Labute approximate surface area is 237 Å². The Morgan fingerprint density at radius 2 is 1.90 bits per heavy atom. The quantitative estimate of drug-likeness (QED) is 0.562. The minimum atomic E-state index is -3.50. The number of carbonyl (C=O) groups excluding carboxylic acids is 1. The van der Waals surface area contributed by atoms with E-state index in [0.29, 0.717) is 33.5 Å². The number of aryl methyl sites for hydroxylation is 1. The van der Waals surface area contributed by atoms with E-state index in [9.17, 15) is 22.4 Å². The summed E-state index contributed by atoms with van der Waals surface area (Å²) in [4.78, 5) is 29.0. The molecule has 216 valence electrons. The normalized spacial score (nSPS) is 22.3. The van der Waals surface area contributed by atoms with Crippen molar-refractivity contribution in [1.82, 2.24) is 15.2 Å². The summed E-state index contributed by atoms with van der Waals surface area (Å²) in [6.07, 6.45) is 11.1. The molecule has 0 bridgehead atoms. The molecule has 2 N–H and O–H groups in total. The van der Waals surface area contributed by atoms with Gasteiger partial charge in [-0.3, -0.25) is 9.59 Å². The number of amides is 1. The van der Waals surface area contributed by atoms with Crippen LogP contribution in [0, 0.1) is 17.6 Å². The molecular weight excluding hydrogens is 550 g/mol. The largest absolute Gasteiger partial charge is 0.383 e. The van der Waals surface area contributed by atoms with Gasteiger partial charge in [0.05, 0.1) is 34.7 Å². The summed E-state index contributed by atoms with van der Waals surface area (Å²) in [5.41, 5.74) is 2.64. The predicted molar refractivity (Wildman–Crippen MR) is 154 cm³/mol. The fraction of sp³-hybridized carbons (Fsp3) is 0.400. The monoisotopic (exact) mass is 582 g/mol. The Hall–Kier alpha value is -3.73. The van der Waals surface area contributed by atoms with Crippen molar-refractivity contribution in [2.45, 2.75) is 44.2 Å². The van der Waals surface area contributed by atoms with Crippen LogP contribution < -0.4 is 21.1 Å². The number of nitrogens with zero attached hydrogens (tertiary/aromatic N) is 2. The number of allylic oxidation sites excluding steroid dienone is 1. The lowest BCUT2D eigenvalue weighted by atomic mass is 9.83. The molecule has 2 atom stereocenters. The van der Waals surface area contributed by atoms with Crippen molar-refractivity contribution in [3.05, 3.63) is 87.0 Å². The van der Waals surface area contributed by atoms with Crippen LogP contribution >= 0.6 is 0 Å². The van der Waals surface area contributed by atoms with Crippen LogP contribution in [0.1, 0.15) is 43.2 Å². The Morgan fingerprint density at radius 1 is 1.15 bits per heavy atom. The molecule has 1 amide bonds. The molecule has 2 aliphatic carbocycles. The molecule has 1 saturated carbocycles. The van der Waals surface area contributed by atoms with E-state index >= 15 is 4.39 Å². The smallest absolute Gasteiger partial charge is 0.260 e. The van der Waals surface area contributed by atoms with Crippen LogP contribution in [0.25, 0.3) is 11.3 Å². The average molecular weight is 583 g/mol. The van der Waals surface area contributed by atoms with Gasteiger partial charge in [0, 0.05) is 49.9 Å². The molecule has 1 fully saturated rings. The fourth-order valence-corrected chi connectivity index (χ4v) is 7.36. The molecule has 2 unspecified atom stereocenters. The lowest BCUT2D eigenvalue weighted by Gasteiger charge is -2.38. The van der Waals surface area contributed by atoms with Crippen LogP contribution in [0.4, 0.5) is 14.5 Å². The number of benzene rings is 1. The number of rotatable bonds is 5. The molecule has 6 rings (SSSR count). The molecule has 41 heavy (non-hydrogen) atoms. The zero-order valence-electron chi connectivity index (χ0n) is 22.9. The highest BCUT2D eigenvalue weighted by Crippen LogP contribution is 2.46. The SMILES string of the molecule is Cn1ccc2c(c1=O)C1=C3C(=CN(c4ccc(F)cc4F)C3C(C(=O)NC3CCCCC3)CN1)C=C2CS(C)(=O)=O. The maximum absolute atomic E-state index is 15.2. The third-order valence-corrected chi connectivity index (χ3v) is 9.26. The van der Waals surface area contributed by atoms with E-state index in [-0.39, 0.29) is 35.5 Å². The van der Waals surface area contributed by atoms with Gasteiger partial charge < -0.3 is 20.1 Å². The molecule has 1 aromatic carbocycles. The molecule has 0 radical (unpaired) electrons. The second-order valence-corrected chi connectivity index (χ2v) is 13.6. The van der Waals surface area contributed by atoms with Gasteiger partial charge in [-0.25, -0.2) is 17.2 Å². The number of hydrogen-bond donors (Lipinski definition) is 2. The molecule has 0 spiro atoms. The van der Waals surface area contributed by atoms with Crippen LogP contribution in [-0.2, 0) is 21.7 Å². The third-order valence-electron chi connectivity index (χ3n) is 8.42. The summed E-state index contributed by atoms with van der Waals surface area (Å²) in [7, 11) is -1.88. The predicted octanol–water partition coefficient (Wildman–Crippen LogP) is 3.26. The third kappa shape index (κ3) is 5.00. The highest BCUT2D eigenvalue weighted by molar-refractivity contribution is 7.91. The van der Waals surface area contributed by atoms with Crippen molar-refractivity contribution >= 4 is 32.7 Å². The van der Waals surface area contributed by atoms with E-state index < -0.39 is 33.4 Å². The highest BCUT2D eigenvalue weighted by atomic mass is 32.2. The van der Waals surface area contributed by atoms with Gasteiger partial charge in [-0.15, -0.1) is 0 Å². The van der Waals surface area contributed by atoms with E-state index in [1.807, 2.05) is 0 Å².